The molecule has 0 fully saturated rings. The molecule has 3 nitrogen and oxygen atoms in total. The third kappa shape index (κ3) is 3.14. The second kappa shape index (κ2) is 7.24. The van der Waals surface area contributed by atoms with Gasteiger partial charge in [0.2, 0.25) is 5.88 Å². The van der Waals surface area contributed by atoms with Crippen LogP contribution in [0.15, 0.2) is 48.5 Å². The lowest BCUT2D eigenvalue weighted by Gasteiger charge is -2.14. The average molecular weight is 374 g/mol. The first-order valence-corrected chi connectivity index (χ1v) is 8.84. The van der Waals surface area contributed by atoms with Crippen LogP contribution in [0.5, 0.6) is 5.88 Å². The van der Waals surface area contributed by atoms with Gasteiger partial charge in [0.15, 0.2) is 0 Å². The minimum absolute atomic E-state index is 0.243. The summed E-state index contributed by atoms with van der Waals surface area (Å²) in [5.74, 6) is -0.379. The predicted molar refractivity (Wildman–Crippen MR) is 103 cm³/mol. The van der Waals surface area contributed by atoms with E-state index in [1.807, 2.05) is 6.08 Å². The molecule has 1 aliphatic rings. The van der Waals surface area contributed by atoms with Crippen molar-refractivity contribution in [2.75, 3.05) is 7.11 Å². The fraction of sp³-hybridized carbons (Fsp3) is 0.130. The highest BCUT2D eigenvalue weighted by atomic mass is 19.1. The van der Waals surface area contributed by atoms with Crippen LogP contribution in [0.2, 0.25) is 0 Å². The van der Waals surface area contributed by atoms with Crippen LogP contribution in [0.4, 0.5) is 8.78 Å². The van der Waals surface area contributed by atoms with Gasteiger partial charge in [-0.3, -0.25) is 0 Å². The highest BCUT2D eigenvalue weighted by Gasteiger charge is 2.27. The number of halogens is 2. The van der Waals surface area contributed by atoms with Crippen molar-refractivity contribution in [3.05, 3.63) is 82.5 Å². The Morgan fingerprint density at radius 3 is 2.25 bits per heavy atom. The summed E-state index contributed by atoms with van der Waals surface area (Å²) in [5.41, 5.74) is 5.39. The van der Waals surface area contributed by atoms with E-state index in [1.165, 1.54) is 31.4 Å². The average Bonchev–Trinajstić information content (AvgIpc) is 3.11. The largest absolute Gasteiger partial charge is 0.480 e. The van der Waals surface area contributed by atoms with E-state index in [0.29, 0.717) is 12.0 Å². The van der Waals surface area contributed by atoms with E-state index in [1.54, 1.807) is 24.3 Å². The number of rotatable bonds is 3. The zero-order valence-electron chi connectivity index (χ0n) is 15.2. The molecule has 0 radical (unpaired) electrons. The highest BCUT2D eigenvalue weighted by molar-refractivity contribution is 5.89. The van der Waals surface area contributed by atoms with Crippen molar-refractivity contribution in [1.82, 2.24) is 4.98 Å². The maximum absolute atomic E-state index is 13.4. The molecule has 0 aliphatic heterocycles. The second-order valence-electron chi connectivity index (χ2n) is 6.54. The van der Waals surface area contributed by atoms with Gasteiger partial charge in [0.1, 0.15) is 23.3 Å². The number of fused-ring (bicyclic) bond motifs is 1. The van der Waals surface area contributed by atoms with Crippen LogP contribution in [-0.2, 0) is 6.42 Å². The van der Waals surface area contributed by atoms with E-state index >= 15 is 0 Å². The van der Waals surface area contributed by atoms with Crippen molar-refractivity contribution in [2.45, 2.75) is 12.8 Å². The molecule has 0 amide bonds. The molecule has 0 saturated heterocycles. The van der Waals surface area contributed by atoms with Crippen LogP contribution in [0.1, 0.15) is 28.8 Å². The zero-order chi connectivity index (χ0) is 19.7. The maximum atomic E-state index is 13.4. The molecule has 1 aromatic heterocycles. The minimum atomic E-state index is -0.336. The van der Waals surface area contributed by atoms with Gasteiger partial charge in [-0.1, -0.05) is 24.3 Å². The second-order valence-corrected chi connectivity index (χ2v) is 6.54. The summed E-state index contributed by atoms with van der Waals surface area (Å²) >= 11 is 0. The van der Waals surface area contributed by atoms with Crippen LogP contribution in [0.3, 0.4) is 0 Å². The Morgan fingerprint density at radius 1 is 1.00 bits per heavy atom. The van der Waals surface area contributed by atoms with Gasteiger partial charge in [-0.25, -0.2) is 13.8 Å². The topological polar surface area (TPSA) is 45.9 Å². The van der Waals surface area contributed by atoms with Crippen LogP contribution in [0.25, 0.3) is 22.8 Å². The van der Waals surface area contributed by atoms with Crippen LogP contribution in [-0.4, -0.2) is 12.1 Å². The number of ether oxygens (including phenoxy) is 1. The molecule has 3 aromatic rings. The smallest absolute Gasteiger partial charge is 0.232 e. The Kier molecular flexibility index (Phi) is 4.62. The van der Waals surface area contributed by atoms with Gasteiger partial charge in [-0.15, -0.1) is 0 Å². The van der Waals surface area contributed by atoms with Crippen LogP contribution in [0, 0.1) is 23.0 Å². The monoisotopic (exact) mass is 374 g/mol. The molecule has 0 bridgehead atoms. The summed E-state index contributed by atoms with van der Waals surface area (Å²) in [5, 5.41) is 9.71. The Labute approximate surface area is 161 Å². The summed E-state index contributed by atoms with van der Waals surface area (Å²) in [6, 6.07) is 14.5. The number of hydrogen-bond acceptors (Lipinski definition) is 3. The van der Waals surface area contributed by atoms with Crippen molar-refractivity contribution in [3.8, 4) is 23.1 Å². The number of allylic oxidation sites excluding steroid dienone is 1. The Hall–Kier alpha value is -3.52. The molecule has 1 aliphatic carbocycles. The number of aromatic nitrogens is 1. The number of hydrogen-bond donors (Lipinski definition) is 0. The molecule has 5 heteroatoms. The predicted octanol–water partition coefficient (Wildman–Crippen LogP) is 5.39. The molecule has 4 rings (SSSR count). The fourth-order valence-corrected chi connectivity index (χ4v) is 3.58. The number of nitrogens with zero attached hydrogens (tertiary/aromatic N) is 2. The summed E-state index contributed by atoms with van der Waals surface area (Å²) in [6.45, 7) is 0. The summed E-state index contributed by atoms with van der Waals surface area (Å²) in [6.07, 6.45) is 3.42. The van der Waals surface area contributed by atoms with E-state index < -0.39 is 0 Å². The Balaban J connectivity index is 1.91. The molecular weight excluding hydrogens is 358 g/mol. The lowest BCUT2D eigenvalue weighted by molar-refractivity contribution is 0.396. The Bertz CT molecular complexity index is 1110. The first-order chi connectivity index (χ1) is 13.6. The summed E-state index contributed by atoms with van der Waals surface area (Å²) < 4.78 is 32.0. The standard InChI is InChI=1S/C23H16F2N2O/c1-28-23-20(13-26)21(15-4-9-18(25)10-5-15)19-11-6-16(22(19)27-23)12-14-2-7-17(24)8-3-14/h2-5,7-10,12H,6,11H2,1H3/b16-12+. The van der Waals surface area contributed by atoms with E-state index in [-0.39, 0.29) is 17.5 Å². The number of pyridine rings is 1. The minimum Gasteiger partial charge on any atom is -0.480 e. The van der Waals surface area contributed by atoms with Gasteiger partial charge in [0.25, 0.3) is 0 Å². The number of benzene rings is 2. The third-order valence-corrected chi connectivity index (χ3v) is 4.86. The van der Waals surface area contributed by atoms with Gasteiger partial charge >= 0.3 is 0 Å². The van der Waals surface area contributed by atoms with Crippen LogP contribution < -0.4 is 4.74 Å². The van der Waals surface area contributed by atoms with E-state index in [4.69, 9.17) is 4.74 Å². The Morgan fingerprint density at radius 2 is 1.64 bits per heavy atom. The quantitative estimate of drug-likeness (QED) is 0.617. The molecular formula is C23H16F2N2O. The lowest BCUT2D eigenvalue weighted by Crippen LogP contribution is -2.01. The first kappa shape index (κ1) is 17.9. The van der Waals surface area contributed by atoms with Gasteiger partial charge in [0, 0.05) is 5.56 Å². The highest BCUT2D eigenvalue weighted by Crippen LogP contribution is 2.42. The molecule has 0 saturated carbocycles. The van der Waals surface area contributed by atoms with E-state index in [2.05, 4.69) is 11.1 Å². The van der Waals surface area contributed by atoms with E-state index in [0.717, 1.165) is 39.9 Å². The molecule has 1 heterocycles. The molecule has 0 N–H and O–H groups in total. The van der Waals surface area contributed by atoms with Crippen molar-refractivity contribution in [3.63, 3.8) is 0 Å². The first-order valence-electron chi connectivity index (χ1n) is 8.84. The molecule has 0 spiro atoms. The van der Waals surface area contributed by atoms with Crippen LogP contribution >= 0.6 is 0 Å². The van der Waals surface area contributed by atoms with Crippen molar-refractivity contribution < 1.29 is 13.5 Å². The fourth-order valence-electron chi connectivity index (χ4n) is 3.58. The zero-order valence-corrected chi connectivity index (χ0v) is 15.2. The normalized spacial score (nSPS) is 14.0. The van der Waals surface area contributed by atoms with E-state index in [9.17, 15) is 14.0 Å². The van der Waals surface area contributed by atoms with Gasteiger partial charge in [0.05, 0.1) is 12.8 Å². The molecule has 0 unspecified atom stereocenters. The van der Waals surface area contributed by atoms with Gasteiger partial charge < -0.3 is 4.74 Å². The SMILES string of the molecule is COc1nc2c(c(-c3ccc(F)cc3)c1C#N)CC/C2=C\c1ccc(F)cc1. The van der Waals surface area contributed by atoms with Crippen molar-refractivity contribution in [2.24, 2.45) is 0 Å². The summed E-state index contributed by atoms with van der Waals surface area (Å²) in [4.78, 5) is 4.58. The number of methoxy groups -OCH3 is 1. The molecule has 2 aromatic carbocycles. The molecule has 28 heavy (non-hydrogen) atoms. The lowest BCUT2D eigenvalue weighted by atomic mass is 9.94. The maximum Gasteiger partial charge on any atom is 0.232 e. The third-order valence-electron chi connectivity index (χ3n) is 4.86. The molecule has 138 valence electrons. The van der Waals surface area contributed by atoms with Crippen molar-refractivity contribution >= 4 is 11.6 Å². The van der Waals surface area contributed by atoms with Crippen molar-refractivity contribution in [1.29, 1.82) is 5.26 Å². The van der Waals surface area contributed by atoms with Gasteiger partial charge in [-0.05, 0) is 65.4 Å². The molecule has 0 atom stereocenters. The summed E-state index contributed by atoms with van der Waals surface area (Å²) in [7, 11) is 1.47. The van der Waals surface area contributed by atoms with Gasteiger partial charge in [-0.2, -0.15) is 5.26 Å². The number of nitriles is 1.